The predicted molar refractivity (Wildman–Crippen MR) is 137 cm³/mol. The average molecular weight is 445 g/mol. The van der Waals surface area contributed by atoms with Crippen molar-refractivity contribution in [2.24, 2.45) is 0 Å². The lowest BCUT2D eigenvalue weighted by Crippen LogP contribution is -2.15. The van der Waals surface area contributed by atoms with E-state index < -0.39 is 0 Å². The topological polar surface area (TPSA) is 25.8 Å². The molecule has 0 atom stereocenters. The van der Waals surface area contributed by atoms with Crippen molar-refractivity contribution in [1.82, 2.24) is 9.97 Å². The Hall–Kier alpha value is -3.85. The SMILES string of the molecule is Cc1cccc(C)c1-c1nc(-c2ccc3c(c2)C(C)(C)c2cc(F)ccc2-3)nc2ccccc12. The van der Waals surface area contributed by atoms with E-state index >= 15 is 0 Å². The van der Waals surface area contributed by atoms with Gasteiger partial charge >= 0.3 is 0 Å². The first kappa shape index (κ1) is 20.7. The summed E-state index contributed by atoms with van der Waals surface area (Å²) in [5.41, 5.74) is 10.6. The van der Waals surface area contributed by atoms with Crippen LogP contribution >= 0.6 is 0 Å². The Labute approximate surface area is 199 Å². The Morgan fingerprint density at radius 3 is 2.15 bits per heavy atom. The standard InChI is InChI=1S/C31H25FN2/c1-18-8-7-9-19(2)28(18)29-24-10-5-6-11-27(24)33-30(34-29)20-12-14-22-23-15-13-21(32)17-26(23)31(3,4)25(22)16-20/h5-17H,1-4H3. The van der Waals surface area contributed by atoms with Gasteiger partial charge in [-0.25, -0.2) is 14.4 Å². The molecule has 2 nitrogen and oxygen atoms in total. The summed E-state index contributed by atoms with van der Waals surface area (Å²) in [5, 5.41) is 1.05. The third kappa shape index (κ3) is 3.00. The van der Waals surface area contributed by atoms with Crippen molar-refractivity contribution in [3.8, 4) is 33.8 Å². The van der Waals surface area contributed by atoms with Crippen molar-refractivity contribution in [3.63, 3.8) is 0 Å². The maximum Gasteiger partial charge on any atom is 0.160 e. The molecule has 1 aromatic heterocycles. The van der Waals surface area contributed by atoms with Gasteiger partial charge in [0.1, 0.15) is 5.82 Å². The normalized spacial score (nSPS) is 13.7. The first-order valence-corrected chi connectivity index (χ1v) is 11.6. The summed E-state index contributed by atoms with van der Waals surface area (Å²) in [6.45, 7) is 8.58. The lowest BCUT2D eigenvalue weighted by molar-refractivity contribution is 0.609. The van der Waals surface area contributed by atoms with Crippen LogP contribution in [0.15, 0.2) is 78.9 Å². The van der Waals surface area contributed by atoms with E-state index in [1.807, 2.05) is 24.3 Å². The largest absolute Gasteiger partial charge is 0.228 e. The van der Waals surface area contributed by atoms with Gasteiger partial charge in [-0.05, 0) is 71.5 Å². The van der Waals surface area contributed by atoms with E-state index in [1.54, 1.807) is 12.1 Å². The highest BCUT2D eigenvalue weighted by Gasteiger charge is 2.36. The van der Waals surface area contributed by atoms with Crippen LogP contribution in [0.3, 0.4) is 0 Å². The molecule has 0 amide bonds. The van der Waals surface area contributed by atoms with Crippen LogP contribution in [0.25, 0.3) is 44.7 Å². The van der Waals surface area contributed by atoms with Crippen molar-refractivity contribution < 1.29 is 4.39 Å². The van der Waals surface area contributed by atoms with E-state index in [0.717, 1.165) is 44.4 Å². The van der Waals surface area contributed by atoms with Crippen LogP contribution in [0.5, 0.6) is 0 Å². The van der Waals surface area contributed by atoms with Crippen molar-refractivity contribution >= 4 is 10.9 Å². The maximum absolute atomic E-state index is 14.1. The fourth-order valence-corrected chi connectivity index (χ4v) is 5.43. The van der Waals surface area contributed by atoms with E-state index in [9.17, 15) is 4.39 Å². The molecule has 0 saturated heterocycles. The number of para-hydroxylation sites is 1. The van der Waals surface area contributed by atoms with Gasteiger partial charge < -0.3 is 0 Å². The van der Waals surface area contributed by atoms with Crippen molar-refractivity contribution in [3.05, 3.63) is 107 Å². The molecule has 34 heavy (non-hydrogen) atoms. The monoisotopic (exact) mass is 444 g/mol. The minimum atomic E-state index is -0.297. The first-order valence-electron chi connectivity index (χ1n) is 11.6. The maximum atomic E-state index is 14.1. The molecule has 0 spiro atoms. The van der Waals surface area contributed by atoms with E-state index in [-0.39, 0.29) is 11.2 Å². The number of nitrogens with zero attached hydrogens (tertiary/aromatic N) is 2. The number of fused-ring (bicyclic) bond motifs is 4. The molecule has 0 aliphatic heterocycles. The Balaban J connectivity index is 1.58. The van der Waals surface area contributed by atoms with E-state index in [2.05, 4.69) is 70.2 Å². The van der Waals surface area contributed by atoms with E-state index in [4.69, 9.17) is 9.97 Å². The van der Waals surface area contributed by atoms with Gasteiger partial charge in [0.15, 0.2) is 5.82 Å². The Kier molecular flexibility index (Phi) is 4.47. The van der Waals surface area contributed by atoms with Crippen LogP contribution in [0.4, 0.5) is 4.39 Å². The summed E-state index contributed by atoms with van der Waals surface area (Å²) in [6.07, 6.45) is 0. The molecule has 1 heterocycles. The third-order valence-corrected chi connectivity index (χ3v) is 7.22. The second-order valence-corrected chi connectivity index (χ2v) is 9.76. The number of hydrogen-bond donors (Lipinski definition) is 0. The van der Waals surface area contributed by atoms with E-state index in [1.165, 1.54) is 16.7 Å². The molecule has 0 N–H and O–H groups in total. The summed E-state index contributed by atoms with van der Waals surface area (Å²) >= 11 is 0. The molecule has 1 aliphatic carbocycles. The van der Waals surface area contributed by atoms with Crippen molar-refractivity contribution in [2.45, 2.75) is 33.1 Å². The van der Waals surface area contributed by atoms with Crippen molar-refractivity contribution in [1.29, 1.82) is 0 Å². The molecule has 0 radical (unpaired) electrons. The van der Waals surface area contributed by atoms with Crippen LogP contribution in [-0.2, 0) is 5.41 Å². The number of benzene rings is 4. The quantitative estimate of drug-likeness (QED) is 0.275. The predicted octanol–water partition coefficient (Wildman–Crippen LogP) is 8.03. The molecule has 3 heteroatoms. The molecular formula is C31H25FN2. The number of halogens is 1. The molecular weight excluding hydrogens is 419 g/mol. The molecule has 0 unspecified atom stereocenters. The lowest BCUT2D eigenvalue weighted by Gasteiger charge is -2.22. The number of rotatable bonds is 2. The van der Waals surface area contributed by atoms with Gasteiger partial charge in [0.25, 0.3) is 0 Å². The Morgan fingerprint density at radius 2 is 1.38 bits per heavy atom. The number of aryl methyl sites for hydroxylation is 2. The average Bonchev–Trinajstić information content (AvgIpc) is 3.04. The second-order valence-electron chi connectivity index (χ2n) is 9.76. The van der Waals surface area contributed by atoms with Gasteiger partial charge in [0.2, 0.25) is 0 Å². The third-order valence-electron chi connectivity index (χ3n) is 7.22. The minimum Gasteiger partial charge on any atom is -0.228 e. The van der Waals surface area contributed by atoms with Gasteiger partial charge in [0, 0.05) is 21.9 Å². The highest BCUT2D eigenvalue weighted by atomic mass is 19.1. The van der Waals surface area contributed by atoms with Crippen molar-refractivity contribution in [2.75, 3.05) is 0 Å². The van der Waals surface area contributed by atoms with Crippen LogP contribution in [0, 0.1) is 19.7 Å². The molecule has 0 fully saturated rings. The Bertz CT molecular complexity index is 1590. The molecule has 0 bridgehead atoms. The highest BCUT2D eigenvalue weighted by Crippen LogP contribution is 2.49. The summed E-state index contributed by atoms with van der Waals surface area (Å²) < 4.78 is 14.1. The summed E-state index contributed by atoms with van der Waals surface area (Å²) in [6, 6.07) is 26.1. The second kappa shape index (κ2) is 7.33. The zero-order valence-corrected chi connectivity index (χ0v) is 19.8. The van der Waals surface area contributed by atoms with Crippen LogP contribution in [0.1, 0.15) is 36.1 Å². The van der Waals surface area contributed by atoms with Gasteiger partial charge in [-0.15, -0.1) is 0 Å². The van der Waals surface area contributed by atoms with Gasteiger partial charge in [-0.3, -0.25) is 0 Å². The zero-order valence-electron chi connectivity index (χ0n) is 19.8. The molecule has 5 aromatic rings. The molecule has 1 aliphatic rings. The fourth-order valence-electron chi connectivity index (χ4n) is 5.43. The first-order chi connectivity index (χ1) is 16.3. The smallest absolute Gasteiger partial charge is 0.160 e. The number of hydrogen-bond acceptors (Lipinski definition) is 2. The highest BCUT2D eigenvalue weighted by molar-refractivity contribution is 5.95. The Morgan fingerprint density at radius 1 is 0.706 bits per heavy atom. The molecule has 6 rings (SSSR count). The molecule has 4 aromatic carbocycles. The summed E-state index contributed by atoms with van der Waals surface area (Å²) in [4.78, 5) is 10.1. The lowest BCUT2D eigenvalue weighted by atomic mass is 9.82. The van der Waals surface area contributed by atoms with Crippen LogP contribution in [0.2, 0.25) is 0 Å². The van der Waals surface area contributed by atoms with Crippen LogP contribution in [-0.4, -0.2) is 9.97 Å². The number of aromatic nitrogens is 2. The van der Waals surface area contributed by atoms with Gasteiger partial charge in [-0.2, -0.15) is 0 Å². The van der Waals surface area contributed by atoms with E-state index in [0.29, 0.717) is 5.82 Å². The minimum absolute atomic E-state index is 0.198. The zero-order chi connectivity index (χ0) is 23.6. The fraction of sp³-hybridized carbons (Fsp3) is 0.161. The molecule has 0 saturated carbocycles. The van der Waals surface area contributed by atoms with Gasteiger partial charge in [0.05, 0.1) is 11.2 Å². The van der Waals surface area contributed by atoms with Gasteiger partial charge in [-0.1, -0.05) is 68.4 Å². The van der Waals surface area contributed by atoms with Crippen LogP contribution < -0.4 is 0 Å². The summed E-state index contributed by atoms with van der Waals surface area (Å²) in [7, 11) is 0. The summed E-state index contributed by atoms with van der Waals surface area (Å²) in [5.74, 6) is 0.507. The molecule has 166 valence electrons.